The van der Waals surface area contributed by atoms with Gasteiger partial charge in [0.1, 0.15) is 5.75 Å². The molecule has 0 unspecified atom stereocenters. The van der Waals surface area contributed by atoms with Crippen molar-refractivity contribution in [2.45, 2.75) is 13.8 Å². The lowest BCUT2D eigenvalue weighted by atomic mass is 10.2. The molecular weight excluding hydrogens is 238 g/mol. The summed E-state index contributed by atoms with van der Waals surface area (Å²) < 4.78 is 5.43. The van der Waals surface area contributed by atoms with E-state index in [1.165, 1.54) is 0 Å². The van der Waals surface area contributed by atoms with Gasteiger partial charge in [0.25, 0.3) is 5.91 Å². The topological polar surface area (TPSA) is 38.3 Å². The number of ether oxygens (including phenoxy) is 1. The largest absolute Gasteiger partial charge is 0.484 e. The average molecular weight is 255 g/mol. The third-order valence-corrected chi connectivity index (χ3v) is 2.69. The van der Waals surface area contributed by atoms with Crippen molar-refractivity contribution >= 4 is 11.6 Å². The zero-order valence-corrected chi connectivity index (χ0v) is 11.1. The van der Waals surface area contributed by atoms with Gasteiger partial charge in [0, 0.05) is 5.69 Å². The van der Waals surface area contributed by atoms with E-state index >= 15 is 0 Å². The summed E-state index contributed by atoms with van der Waals surface area (Å²) in [5.74, 6) is 0.546. The predicted octanol–water partition coefficient (Wildman–Crippen LogP) is 3.32. The first-order chi connectivity index (χ1) is 9.13. The third kappa shape index (κ3) is 4.14. The summed E-state index contributed by atoms with van der Waals surface area (Å²) in [5, 5.41) is 2.79. The molecule has 0 bridgehead atoms. The molecule has 0 aliphatic carbocycles. The van der Waals surface area contributed by atoms with Crippen LogP contribution in [0.2, 0.25) is 0 Å². The molecule has 2 aromatic carbocycles. The fraction of sp³-hybridized carbons (Fsp3) is 0.188. The Labute approximate surface area is 113 Å². The fourth-order valence-corrected chi connectivity index (χ4v) is 1.69. The summed E-state index contributed by atoms with van der Waals surface area (Å²) in [6, 6.07) is 15.3. The van der Waals surface area contributed by atoms with Crippen LogP contribution in [0.15, 0.2) is 48.5 Å². The first-order valence-corrected chi connectivity index (χ1v) is 6.19. The zero-order valence-electron chi connectivity index (χ0n) is 11.1. The third-order valence-electron chi connectivity index (χ3n) is 2.69. The minimum absolute atomic E-state index is 0.0112. The monoisotopic (exact) mass is 255 g/mol. The van der Waals surface area contributed by atoms with Gasteiger partial charge in [-0.2, -0.15) is 0 Å². The number of carbonyl (C=O) groups excluding carboxylic acids is 1. The van der Waals surface area contributed by atoms with Crippen LogP contribution in [0.5, 0.6) is 5.75 Å². The Balaban J connectivity index is 1.86. The van der Waals surface area contributed by atoms with Crippen LogP contribution in [0, 0.1) is 13.8 Å². The molecule has 2 aromatic rings. The summed E-state index contributed by atoms with van der Waals surface area (Å²) in [6.45, 7) is 4.00. The van der Waals surface area contributed by atoms with Crippen LogP contribution in [0.25, 0.3) is 0 Å². The molecule has 19 heavy (non-hydrogen) atoms. The summed E-state index contributed by atoms with van der Waals surface area (Å²) >= 11 is 0. The summed E-state index contributed by atoms with van der Waals surface area (Å²) in [4.78, 5) is 11.7. The van der Waals surface area contributed by atoms with Gasteiger partial charge in [0.05, 0.1) is 0 Å². The lowest BCUT2D eigenvalue weighted by Gasteiger charge is -2.08. The van der Waals surface area contributed by atoms with Crippen molar-refractivity contribution in [1.82, 2.24) is 0 Å². The van der Waals surface area contributed by atoms with Crippen LogP contribution in [-0.2, 0) is 4.79 Å². The minimum atomic E-state index is -0.162. The first-order valence-electron chi connectivity index (χ1n) is 6.19. The molecule has 0 radical (unpaired) electrons. The molecule has 1 N–H and O–H groups in total. The SMILES string of the molecule is Cc1ccc(NC(=O)COc2cccc(C)c2)cc1. The van der Waals surface area contributed by atoms with Gasteiger partial charge in [0.2, 0.25) is 0 Å². The molecule has 0 saturated carbocycles. The number of carbonyl (C=O) groups is 1. The molecule has 0 heterocycles. The van der Waals surface area contributed by atoms with Gasteiger partial charge in [-0.05, 0) is 43.7 Å². The Kier molecular flexibility index (Phi) is 4.18. The second-order valence-corrected chi connectivity index (χ2v) is 4.52. The Morgan fingerprint density at radius 2 is 1.79 bits per heavy atom. The molecule has 0 aliphatic rings. The number of benzene rings is 2. The molecular formula is C16H17NO2. The van der Waals surface area contributed by atoms with Crippen molar-refractivity contribution in [2.24, 2.45) is 0 Å². The second-order valence-electron chi connectivity index (χ2n) is 4.52. The van der Waals surface area contributed by atoms with Gasteiger partial charge in [-0.15, -0.1) is 0 Å². The van der Waals surface area contributed by atoms with Crippen LogP contribution in [0.3, 0.4) is 0 Å². The highest BCUT2D eigenvalue weighted by atomic mass is 16.5. The zero-order chi connectivity index (χ0) is 13.7. The van der Waals surface area contributed by atoms with Crippen molar-refractivity contribution in [3.8, 4) is 5.75 Å². The van der Waals surface area contributed by atoms with Crippen LogP contribution >= 0.6 is 0 Å². The maximum atomic E-state index is 11.7. The molecule has 0 aliphatic heterocycles. The number of amides is 1. The predicted molar refractivity (Wildman–Crippen MR) is 76.5 cm³/mol. The number of anilines is 1. The highest BCUT2D eigenvalue weighted by Crippen LogP contribution is 2.12. The van der Waals surface area contributed by atoms with E-state index in [-0.39, 0.29) is 12.5 Å². The summed E-state index contributed by atoms with van der Waals surface area (Å²) in [6.07, 6.45) is 0. The van der Waals surface area contributed by atoms with E-state index < -0.39 is 0 Å². The maximum Gasteiger partial charge on any atom is 0.262 e. The van der Waals surface area contributed by atoms with Gasteiger partial charge >= 0.3 is 0 Å². The number of hydrogen-bond donors (Lipinski definition) is 1. The van der Waals surface area contributed by atoms with E-state index in [2.05, 4.69) is 5.32 Å². The first kappa shape index (κ1) is 13.1. The molecule has 0 atom stereocenters. The smallest absolute Gasteiger partial charge is 0.262 e. The van der Waals surface area contributed by atoms with Crippen molar-refractivity contribution in [3.63, 3.8) is 0 Å². The summed E-state index contributed by atoms with van der Waals surface area (Å²) in [5.41, 5.74) is 3.05. The second kappa shape index (κ2) is 6.05. The van der Waals surface area contributed by atoms with Crippen molar-refractivity contribution in [2.75, 3.05) is 11.9 Å². The average Bonchev–Trinajstić information content (AvgIpc) is 2.39. The van der Waals surface area contributed by atoms with Gasteiger partial charge in [-0.25, -0.2) is 0 Å². The highest BCUT2D eigenvalue weighted by Gasteiger charge is 2.03. The van der Waals surface area contributed by atoms with E-state index in [4.69, 9.17) is 4.74 Å². The van der Waals surface area contributed by atoms with Crippen LogP contribution < -0.4 is 10.1 Å². The maximum absolute atomic E-state index is 11.7. The molecule has 1 amide bonds. The van der Waals surface area contributed by atoms with E-state index in [9.17, 15) is 4.79 Å². The Hall–Kier alpha value is -2.29. The molecule has 0 spiro atoms. The molecule has 3 heteroatoms. The summed E-state index contributed by atoms with van der Waals surface area (Å²) in [7, 11) is 0. The van der Waals surface area contributed by atoms with Crippen LogP contribution in [0.4, 0.5) is 5.69 Å². The van der Waals surface area contributed by atoms with Crippen LogP contribution in [0.1, 0.15) is 11.1 Å². The Morgan fingerprint density at radius 3 is 2.47 bits per heavy atom. The highest BCUT2D eigenvalue weighted by molar-refractivity contribution is 5.91. The van der Waals surface area contributed by atoms with E-state index in [1.54, 1.807) is 0 Å². The van der Waals surface area contributed by atoms with Crippen molar-refractivity contribution in [3.05, 3.63) is 59.7 Å². The number of hydrogen-bond acceptors (Lipinski definition) is 2. The standard InChI is InChI=1S/C16H17NO2/c1-12-6-8-14(9-7-12)17-16(18)11-19-15-5-3-4-13(2)10-15/h3-10H,11H2,1-2H3,(H,17,18). The Bertz CT molecular complexity index is 561. The van der Waals surface area contributed by atoms with E-state index in [0.717, 1.165) is 16.8 Å². The molecule has 2 rings (SSSR count). The quantitative estimate of drug-likeness (QED) is 0.910. The van der Waals surface area contributed by atoms with E-state index in [1.807, 2.05) is 62.4 Å². The van der Waals surface area contributed by atoms with Crippen molar-refractivity contribution in [1.29, 1.82) is 0 Å². The lowest BCUT2D eigenvalue weighted by Crippen LogP contribution is -2.20. The van der Waals surface area contributed by atoms with Crippen molar-refractivity contribution < 1.29 is 9.53 Å². The normalized spacial score (nSPS) is 10.0. The lowest BCUT2D eigenvalue weighted by molar-refractivity contribution is -0.118. The van der Waals surface area contributed by atoms with Gasteiger partial charge in [-0.3, -0.25) is 4.79 Å². The fourth-order valence-electron chi connectivity index (χ4n) is 1.69. The molecule has 0 fully saturated rings. The molecule has 0 aromatic heterocycles. The van der Waals surface area contributed by atoms with E-state index in [0.29, 0.717) is 5.75 Å². The van der Waals surface area contributed by atoms with Gasteiger partial charge in [-0.1, -0.05) is 29.8 Å². The van der Waals surface area contributed by atoms with Gasteiger partial charge < -0.3 is 10.1 Å². The molecule has 0 saturated heterocycles. The minimum Gasteiger partial charge on any atom is -0.484 e. The van der Waals surface area contributed by atoms with Gasteiger partial charge in [0.15, 0.2) is 6.61 Å². The number of aryl methyl sites for hydroxylation is 2. The molecule has 98 valence electrons. The number of rotatable bonds is 4. The number of nitrogens with one attached hydrogen (secondary N) is 1. The molecule has 3 nitrogen and oxygen atoms in total. The Morgan fingerprint density at radius 1 is 1.05 bits per heavy atom. The van der Waals surface area contributed by atoms with Crippen LogP contribution in [-0.4, -0.2) is 12.5 Å².